The molecule has 2 amide bonds. The summed E-state index contributed by atoms with van der Waals surface area (Å²) in [5.74, 6) is -0.356. The summed E-state index contributed by atoms with van der Waals surface area (Å²) in [5.41, 5.74) is 1.55. The third-order valence-electron chi connectivity index (χ3n) is 4.43. The summed E-state index contributed by atoms with van der Waals surface area (Å²) < 4.78 is 0. The minimum absolute atomic E-state index is 0.118. The highest BCUT2D eigenvalue weighted by Gasteiger charge is 2.24. The molecule has 0 heterocycles. The van der Waals surface area contributed by atoms with Crippen molar-refractivity contribution in [3.63, 3.8) is 0 Å². The first-order chi connectivity index (χ1) is 11.0. The van der Waals surface area contributed by atoms with Crippen LogP contribution in [0.25, 0.3) is 0 Å². The van der Waals surface area contributed by atoms with Gasteiger partial charge in [-0.2, -0.15) is 0 Å². The minimum Gasteiger partial charge on any atom is -0.393 e. The van der Waals surface area contributed by atoms with E-state index in [9.17, 15) is 14.7 Å². The molecule has 1 aliphatic carbocycles. The van der Waals surface area contributed by atoms with Gasteiger partial charge in [0.15, 0.2) is 0 Å². The van der Waals surface area contributed by atoms with Crippen LogP contribution in [0.2, 0.25) is 0 Å². The molecule has 1 aromatic rings. The lowest BCUT2D eigenvalue weighted by atomic mass is 9.86. The smallest absolute Gasteiger partial charge is 0.251 e. The number of aliphatic hydroxyl groups excluding tert-OH is 1. The number of amides is 2. The highest BCUT2D eigenvalue weighted by Crippen LogP contribution is 2.23. The van der Waals surface area contributed by atoms with Crippen LogP contribution in [0.4, 0.5) is 0 Å². The van der Waals surface area contributed by atoms with Gasteiger partial charge in [0.05, 0.1) is 6.10 Å². The molecule has 23 heavy (non-hydrogen) atoms. The molecule has 1 aromatic carbocycles. The molecule has 5 nitrogen and oxygen atoms in total. The molecule has 0 saturated heterocycles. The molecule has 1 aliphatic rings. The van der Waals surface area contributed by atoms with Gasteiger partial charge in [0.1, 0.15) is 6.04 Å². The Morgan fingerprint density at radius 2 is 2.04 bits per heavy atom. The molecule has 1 fully saturated rings. The van der Waals surface area contributed by atoms with E-state index in [1.807, 2.05) is 19.1 Å². The topological polar surface area (TPSA) is 78.4 Å². The van der Waals surface area contributed by atoms with Crippen molar-refractivity contribution in [3.05, 3.63) is 35.4 Å². The summed E-state index contributed by atoms with van der Waals surface area (Å²) in [6.07, 6.45) is 3.55. The Hall–Kier alpha value is -1.88. The zero-order valence-corrected chi connectivity index (χ0v) is 13.8. The van der Waals surface area contributed by atoms with Gasteiger partial charge in [-0.25, -0.2) is 0 Å². The predicted molar refractivity (Wildman–Crippen MR) is 89.1 cm³/mol. The van der Waals surface area contributed by atoms with Crippen molar-refractivity contribution in [2.24, 2.45) is 5.92 Å². The molecule has 3 atom stereocenters. The van der Waals surface area contributed by atoms with Gasteiger partial charge in [-0.1, -0.05) is 30.5 Å². The molecular formula is C18H26N2O3. The fraction of sp³-hybridized carbons (Fsp3) is 0.556. The maximum atomic E-state index is 12.1. The summed E-state index contributed by atoms with van der Waals surface area (Å²) in [7, 11) is 0. The lowest BCUT2D eigenvalue weighted by molar-refractivity contribution is -0.123. The van der Waals surface area contributed by atoms with E-state index < -0.39 is 6.04 Å². The minimum atomic E-state index is -0.608. The lowest BCUT2D eigenvalue weighted by Gasteiger charge is -2.28. The zero-order chi connectivity index (χ0) is 16.8. The Bertz CT molecular complexity index is 559. The largest absolute Gasteiger partial charge is 0.393 e. The van der Waals surface area contributed by atoms with Crippen LogP contribution in [0, 0.1) is 12.8 Å². The fourth-order valence-electron chi connectivity index (χ4n) is 2.94. The highest BCUT2D eigenvalue weighted by molar-refractivity contribution is 5.97. The van der Waals surface area contributed by atoms with Crippen LogP contribution in [0.5, 0.6) is 0 Å². The second kappa shape index (κ2) is 8.11. The second-order valence-electron chi connectivity index (χ2n) is 6.42. The molecule has 0 bridgehead atoms. The number of nitrogens with one attached hydrogen (secondary N) is 2. The molecule has 0 aliphatic heterocycles. The number of carbonyl (C=O) groups is 2. The van der Waals surface area contributed by atoms with Crippen LogP contribution in [-0.4, -0.2) is 35.6 Å². The molecule has 126 valence electrons. The Kier molecular flexibility index (Phi) is 6.16. The number of benzene rings is 1. The summed E-state index contributed by atoms with van der Waals surface area (Å²) in [6.45, 7) is 4.05. The summed E-state index contributed by atoms with van der Waals surface area (Å²) in [4.78, 5) is 24.3. The first-order valence-corrected chi connectivity index (χ1v) is 8.30. The number of hydrogen-bond acceptors (Lipinski definition) is 3. The molecule has 0 aromatic heterocycles. The van der Waals surface area contributed by atoms with Crippen molar-refractivity contribution in [3.8, 4) is 0 Å². The van der Waals surface area contributed by atoms with E-state index in [1.165, 1.54) is 0 Å². The number of rotatable bonds is 5. The molecule has 1 saturated carbocycles. The Balaban J connectivity index is 1.81. The number of hydrogen-bond donors (Lipinski definition) is 3. The first-order valence-electron chi connectivity index (χ1n) is 8.30. The van der Waals surface area contributed by atoms with E-state index in [0.29, 0.717) is 12.1 Å². The van der Waals surface area contributed by atoms with Gasteiger partial charge in [-0.3, -0.25) is 9.59 Å². The summed E-state index contributed by atoms with van der Waals surface area (Å²) in [6, 6.07) is 6.65. The fourth-order valence-corrected chi connectivity index (χ4v) is 2.94. The van der Waals surface area contributed by atoms with Gasteiger partial charge in [-0.15, -0.1) is 0 Å². The number of aliphatic hydroxyl groups is 1. The Labute approximate surface area is 137 Å². The lowest BCUT2D eigenvalue weighted by Crippen LogP contribution is -2.47. The Morgan fingerprint density at radius 1 is 1.30 bits per heavy atom. The summed E-state index contributed by atoms with van der Waals surface area (Å²) >= 11 is 0. The van der Waals surface area contributed by atoms with Crippen molar-refractivity contribution in [2.75, 3.05) is 6.54 Å². The van der Waals surface area contributed by atoms with Crippen LogP contribution < -0.4 is 10.6 Å². The molecule has 3 N–H and O–H groups in total. The number of aryl methyl sites for hydroxylation is 1. The molecule has 0 spiro atoms. The van der Waals surface area contributed by atoms with E-state index in [1.54, 1.807) is 19.1 Å². The van der Waals surface area contributed by atoms with Crippen molar-refractivity contribution in [1.29, 1.82) is 0 Å². The first kappa shape index (κ1) is 17.5. The van der Waals surface area contributed by atoms with Crippen molar-refractivity contribution in [1.82, 2.24) is 10.6 Å². The summed E-state index contributed by atoms with van der Waals surface area (Å²) in [5, 5.41) is 15.5. The molecule has 0 unspecified atom stereocenters. The number of carbonyl (C=O) groups excluding carboxylic acids is 2. The van der Waals surface area contributed by atoms with Gasteiger partial charge in [0.25, 0.3) is 5.91 Å². The van der Waals surface area contributed by atoms with E-state index in [4.69, 9.17) is 0 Å². The molecular weight excluding hydrogens is 292 g/mol. The molecule has 5 heteroatoms. The third-order valence-corrected chi connectivity index (χ3v) is 4.43. The molecule has 0 radical (unpaired) electrons. The van der Waals surface area contributed by atoms with Crippen LogP contribution in [0.1, 0.15) is 48.5 Å². The average molecular weight is 318 g/mol. The van der Waals surface area contributed by atoms with Crippen LogP contribution in [0.3, 0.4) is 0 Å². The van der Waals surface area contributed by atoms with Crippen molar-refractivity contribution >= 4 is 11.8 Å². The van der Waals surface area contributed by atoms with E-state index in [-0.39, 0.29) is 23.8 Å². The highest BCUT2D eigenvalue weighted by atomic mass is 16.3. The standard InChI is InChI=1S/C18H26N2O3/c1-12-6-5-8-14(10-12)18(23)20-13(2)17(22)19-11-15-7-3-4-9-16(15)21/h5-6,8,10,13,15-16,21H,3-4,7,9,11H2,1-2H3,(H,19,22)(H,20,23)/t13-,15+,16-/m1/s1. The average Bonchev–Trinajstić information content (AvgIpc) is 2.53. The van der Waals surface area contributed by atoms with Crippen molar-refractivity contribution in [2.45, 2.75) is 51.7 Å². The third kappa shape index (κ3) is 5.06. The predicted octanol–water partition coefficient (Wildman–Crippen LogP) is 1.78. The van der Waals surface area contributed by atoms with E-state index in [2.05, 4.69) is 10.6 Å². The van der Waals surface area contributed by atoms with E-state index in [0.717, 1.165) is 31.2 Å². The van der Waals surface area contributed by atoms with Crippen LogP contribution >= 0.6 is 0 Å². The van der Waals surface area contributed by atoms with Gasteiger partial charge in [-0.05, 0) is 38.8 Å². The maximum Gasteiger partial charge on any atom is 0.251 e. The van der Waals surface area contributed by atoms with E-state index >= 15 is 0 Å². The van der Waals surface area contributed by atoms with Gasteiger partial charge >= 0.3 is 0 Å². The normalized spacial score (nSPS) is 22.2. The van der Waals surface area contributed by atoms with Gasteiger partial charge < -0.3 is 15.7 Å². The monoisotopic (exact) mass is 318 g/mol. The SMILES string of the molecule is Cc1cccc(C(=O)N[C@H](C)C(=O)NC[C@@H]2CCCC[C@H]2O)c1. The van der Waals surface area contributed by atoms with Gasteiger partial charge in [0, 0.05) is 18.0 Å². The zero-order valence-electron chi connectivity index (χ0n) is 13.8. The Morgan fingerprint density at radius 3 is 2.74 bits per heavy atom. The van der Waals surface area contributed by atoms with Gasteiger partial charge in [0.2, 0.25) is 5.91 Å². The van der Waals surface area contributed by atoms with Crippen molar-refractivity contribution < 1.29 is 14.7 Å². The maximum absolute atomic E-state index is 12.1. The molecule has 2 rings (SSSR count). The van der Waals surface area contributed by atoms with Crippen LogP contribution in [-0.2, 0) is 4.79 Å². The quantitative estimate of drug-likeness (QED) is 0.774. The van der Waals surface area contributed by atoms with Crippen LogP contribution in [0.15, 0.2) is 24.3 Å². The second-order valence-corrected chi connectivity index (χ2v) is 6.42.